The Bertz CT molecular complexity index is 2760. The van der Waals surface area contributed by atoms with Crippen molar-refractivity contribution in [3.63, 3.8) is 0 Å². The van der Waals surface area contributed by atoms with Crippen molar-refractivity contribution in [2.45, 2.75) is 0 Å². The minimum absolute atomic E-state index is 0.0854. The van der Waals surface area contributed by atoms with Crippen LogP contribution in [0.4, 0.5) is 17.1 Å². The van der Waals surface area contributed by atoms with E-state index in [0.29, 0.717) is 5.56 Å². The van der Waals surface area contributed by atoms with Crippen molar-refractivity contribution in [2.24, 2.45) is 0 Å². The van der Waals surface area contributed by atoms with Crippen molar-refractivity contribution in [2.75, 3.05) is 4.90 Å². The van der Waals surface area contributed by atoms with Crippen molar-refractivity contribution in [3.8, 4) is 27.9 Å². The Morgan fingerprint density at radius 2 is 1.08 bits per heavy atom. The lowest BCUT2D eigenvalue weighted by molar-refractivity contribution is 1.18. The number of rotatable bonds is 6. The van der Waals surface area contributed by atoms with Gasteiger partial charge in [0.15, 0.2) is 0 Å². The standard InChI is InChI=1S/C46H32N2/c1-3-16-37(17-4-1)47(39-30-28-34(29-31-39)36-27-26-33-14-7-8-15-35(33)32-36)43-23-11-9-20-40(43)41-22-13-25-45-46(41)42-21-10-12-24-44(42)48(45)38-18-5-2-6-19-38/h1-32H/i28D,29D,30D,31D. The number of benzene rings is 8. The lowest BCUT2D eigenvalue weighted by atomic mass is 9.96. The fourth-order valence-electron chi connectivity index (χ4n) is 6.87. The summed E-state index contributed by atoms with van der Waals surface area (Å²) in [5.41, 5.74) is 7.74. The van der Waals surface area contributed by atoms with Crippen LogP contribution in [-0.4, -0.2) is 4.57 Å². The molecule has 48 heavy (non-hydrogen) atoms. The highest BCUT2D eigenvalue weighted by Gasteiger charge is 2.21. The number of nitrogens with zero attached hydrogens (tertiary/aromatic N) is 2. The van der Waals surface area contributed by atoms with Gasteiger partial charge in [0, 0.05) is 33.4 Å². The van der Waals surface area contributed by atoms with Crippen molar-refractivity contribution in [1.29, 1.82) is 0 Å². The molecule has 0 aliphatic rings. The molecule has 0 radical (unpaired) electrons. The highest BCUT2D eigenvalue weighted by molar-refractivity contribution is 6.17. The van der Waals surface area contributed by atoms with Crippen LogP contribution in [0.25, 0.3) is 60.5 Å². The highest BCUT2D eigenvalue weighted by Crippen LogP contribution is 2.45. The summed E-state index contributed by atoms with van der Waals surface area (Å²) in [4.78, 5) is 1.88. The molecule has 2 heteroatoms. The molecule has 2 nitrogen and oxygen atoms in total. The number of fused-ring (bicyclic) bond motifs is 4. The van der Waals surface area contributed by atoms with Crippen molar-refractivity contribution in [1.82, 2.24) is 4.57 Å². The molecule has 0 spiro atoms. The summed E-state index contributed by atoms with van der Waals surface area (Å²) in [7, 11) is 0. The van der Waals surface area contributed by atoms with E-state index in [0.717, 1.165) is 60.8 Å². The van der Waals surface area contributed by atoms with Gasteiger partial charge in [-0.1, -0.05) is 133 Å². The first-order valence-electron chi connectivity index (χ1n) is 18.1. The van der Waals surface area contributed by atoms with E-state index in [1.165, 1.54) is 0 Å². The largest absolute Gasteiger partial charge is 0.310 e. The number of aromatic nitrogens is 1. The van der Waals surface area contributed by atoms with Crippen LogP contribution in [0.15, 0.2) is 194 Å². The molecule has 0 atom stereocenters. The normalized spacial score (nSPS) is 12.5. The van der Waals surface area contributed by atoms with Gasteiger partial charge in [0.2, 0.25) is 0 Å². The molecule has 0 fully saturated rings. The highest BCUT2D eigenvalue weighted by atomic mass is 15.1. The number of anilines is 3. The molecule has 9 aromatic rings. The Balaban J connectivity index is 1.30. The molecule has 0 unspecified atom stereocenters. The molecule has 0 saturated carbocycles. The summed E-state index contributed by atoms with van der Waals surface area (Å²) in [6, 6.07) is 56.2. The van der Waals surface area contributed by atoms with Gasteiger partial charge >= 0.3 is 0 Å². The Morgan fingerprint density at radius 1 is 0.438 bits per heavy atom. The van der Waals surface area contributed by atoms with E-state index in [-0.39, 0.29) is 35.4 Å². The van der Waals surface area contributed by atoms with Crippen LogP contribution in [-0.2, 0) is 0 Å². The first kappa shape index (κ1) is 23.9. The van der Waals surface area contributed by atoms with Gasteiger partial charge in [-0.25, -0.2) is 0 Å². The van der Waals surface area contributed by atoms with Gasteiger partial charge in [0.1, 0.15) is 0 Å². The van der Waals surface area contributed by atoms with Gasteiger partial charge in [0.05, 0.1) is 22.2 Å². The predicted octanol–water partition coefficient (Wildman–Crippen LogP) is 12.7. The van der Waals surface area contributed by atoms with Crippen LogP contribution in [0.2, 0.25) is 0 Å². The average Bonchev–Trinajstić information content (AvgIpc) is 3.54. The van der Waals surface area contributed by atoms with E-state index in [4.69, 9.17) is 0 Å². The van der Waals surface area contributed by atoms with Crippen LogP contribution in [0.1, 0.15) is 5.48 Å². The van der Waals surface area contributed by atoms with Gasteiger partial charge in [-0.2, -0.15) is 0 Å². The zero-order valence-electron chi connectivity index (χ0n) is 30.1. The third-order valence-corrected chi connectivity index (χ3v) is 9.04. The maximum Gasteiger partial charge on any atom is 0.0645 e. The van der Waals surface area contributed by atoms with Gasteiger partial charge < -0.3 is 9.47 Å². The Kier molecular flexibility index (Phi) is 5.85. The lowest BCUT2D eigenvalue weighted by Gasteiger charge is -2.28. The molecule has 0 amide bonds. The van der Waals surface area contributed by atoms with Gasteiger partial charge in [-0.3, -0.25) is 0 Å². The number of hydrogen-bond acceptors (Lipinski definition) is 1. The number of para-hydroxylation sites is 4. The summed E-state index contributed by atoms with van der Waals surface area (Å²) in [6.07, 6.45) is 0. The second-order valence-corrected chi connectivity index (χ2v) is 11.9. The van der Waals surface area contributed by atoms with Crippen molar-refractivity contribution >= 4 is 49.6 Å². The maximum absolute atomic E-state index is 9.49. The molecular weight excluding hydrogens is 581 g/mol. The molecule has 9 rings (SSSR count). The molecular formula is C46H32N2. The Hall–Kier alpha value is -6.38. The third-order valence-electron chi connectivity index (χ3n) is 9.04. The van der Waals surface area contributed by atoms with E-state index in [9.17, 15) is 5.48 Å². The molecule has 0 aliphatic carbocycles. The molecule has 1 heterocycles. The zero-order valence-corrected chi connectivity index (χ0v) is 26.1. The van der Waals surface area contributed by atoms with Crippen molar-refractivity contribution < 1.29 is 5.48 Å². The Morgan fingerprint density at radius 3 is 1.92 bits per heavy atom. The third kappa shape index (κ3) is 4.74. The van der Waals surface area contributed by atoms with Crippen LogP contribution >= 0.6 is 0 Å². The van der Waals surface area contributed by atoms with E-state index in [1.54, 1.807) is 0 Å². The smallest absolute Gasteiger partial charge is 0.0645 e. The molecule has 226 valence electrons. The summed E-state index contributed by atoms with van der Waals surface area (Å²) in [5, 5.41) is 4.23. The second-order valence-electron chi connectivity index (χ2n) is 11.9. The summed E-state index contributed by atoms with van der Waals surface area (Å²) in [5.74, 6) is 0. The van der Waals surface area contributed by atoms with Crippen LogP contribution in [0.3, 0.4) is 0 Å². The summed E-state index contributed by atoms with van der Waals surface area (Å²) < 4.78 is 39.9. The lowest BCUT2D eigenvalue weighted by Crippen LogP contribution is -2.11. The van der Waals surface area contributed by atoms with Gasteiger partial charge in [-0.15, -0.1) is 0 Å². The van der Waals surface area contributed by atoms with E-state index >= 15 is 0 Å². The van der Waals surface area contributed by atoms with Crippen LogP contribution in [0.5, 0.6) is 0 Å². The monoisotopic (exact) mass is 616 g/mol. The first-order chi connectivity index (χ1) is 25.5. The molecule has 0 bridgehead atoms. The minimum Gasteiger partial charge on any atom is -0.310 e. The fraction of sp³-hybridized carbons (Fsp3) is 0. The van der Waals surface area contributed by atoms with Crippen LogP contribution in [0, 0.1) is 0 Å². The average molecular weight is 617 g/mol. The molecule has 1 aromatic heterocycles. The van der Waals surface area contributed by atoms with E-state index in [2.05, 4.69) is 77.4 Å². The van der Waals surface area contributed by atoms with E-state index < -0.39 is 0 Å². The fourth-order valence-corrected chi connectivity index (χ4v) is 6.87. The summed E-state index contributed by atoms with van der Waals surface area (Å²) in [6.45, 7) is 0. The second kappa shape index (κ2) is 11.8. The number of hydrogen-bond donors (Lipinski definition) is 0. The maximum atomic E-state index is 9.49. The predicted molar refractivity (Wildman–Crippen MR) is 204 cm³/mol. The summed E-state index contributed by atoms with van der Waals surface area (Å²) >= 11 is 0. The quantitative estimate of drug-likeness (QED) is 0.180. The van der Waals surface area contributed by atoms with Gasteiger partial charge in [-0.05, 0) is 88.1 Å². The Labute approximate surface area is 286 Å². The first-order valence-corrected chi connectivity index (χ1v) is 16.1. The minimum atomic E-state index is -0.110. The molecule has 8 aromatic carbocycles. The molecule has 0 saturated heterocycles. The molecule has 0 N–H and O–H groups in total. The topological polar surface area (TPSA) is 8.17 Å². The van der Waals surface area contributed by atoms with Gasteiger partial charge in [0.25, 0.3) is 0 Å². The van der Waals surface area contributed by atoms with E-state index in [1.807, 2.05) is 102 Å². The van der Waals surface area contributed by atoms with Crippen LogP contribution < -0.4 is 4.90 Å². The zero-order chi connectivity index (χ0) is 35.3. The molecule has 0 aliphatic heterocycles. The SMILES string of the molecule is [2H]c1c([2H])c(N(c2ccccc2)c2ccccc2-c2cccc3c2c2ccccc2n3-c2ccccc2)c([2H])c([2H])c1-c1ccc2ccccc2c1. The van der Waals surface area contributed by atoms with Crippen molar-refractivity contribution in [3.05, 3.63) is 194 Å².